The summed E-state index contributed by atoms with van der Waals surface area (Å²) in [6.45, 7) is 2.22. The highest BCUT2D eigenvalue weighted by atomic mass is 35.5. The van der Waals surface area contributed by atoms with E-state index >= 15 is 0 Å². The molecule has 0 saturated heterocycles. The molecule has 0 radical (unpaired) electrons. The second-order valence-electron chi connectivity index (χ2n) is 4.92. The van der Waals surface area contributed by atoms with Crippen molar-refractivity contribution in [3.05, 3.63) is 29.0 Å². The van der Waals surface area contributed by atoms with Gasteiger partial charge in [-0.05, 0) is 31.9 Å². The Balaban J connectivity index is 2.21. The number of hydrogen-bond acceptors (Lipinski definition) is 1. The summed E-state index contributed by atoms with van der Waals surface area (Å²) in [6.07, 6.45) is -4.39. The van der Waals surface area contributed by atoms with Gasteiger partial charge >= 0.3 is 6.18 Å². The molecule has 1 aromatic carbocycles. The van der Waals surface area contributed by atoms with E-state index in [0.717, 1.165) is 5.52 Å². The Kier molecular flexibility index (Phi) is 5.04. The standard InChI is InChI=1S/C14H15Cl2F3N2/c1-9(15)13-20-12-10(16)5-4-6-11(12)21(13)8-3-2-7-14(17,18)19/h4-6,9H,2-3,7-8H2,1H3. The van der Waals surface area contributed by atoms with Crippen molar-refractivity contribution < 1.29 is 13.2 Å². The molecule has 1 aromatic heterocycles. The zero-order valence-electron chi connectivity index (χ0n) is 11.4. The van der Waals surface area contributed by atoms with Crippen LogP contribution in [0.1, 0.15) is 37.4 Å². The lowest BCUT2D eigenvalue weighted by atomic mass is 10.2. The molecule has 1 heterocycles. The van der Waals surface area contributed by atoms with Gasteiger partial charge in [0.25, 0.3) is 0 Å². The molecule has 0 amide bonds. The van der Waals surface area contributed by atoms with Crippen LogP contribution in [0, 0.1) is 0 Å². The van der Waals surface area contributed by atoms with Crippen LogP contribution in [0.5, 0.6) is 0 Å². The third-order valence-electron chi connectivity index (χ3n) is 3.21. The van der Waals surface area contributed by atoms with Crippen molar-refractivity contribution in [3.63, 3.8) is 0 Å². The van der Waals surface area contributed by atoms with E-state index in [0.29, 0.717) is 29.3 Å². The van der Waals surface area contributed by atoms with Gasteiger partial charge in [-0.1, -0.05) is 17.7 Å². The molecular formula is C14H15Cl2F3N2. The molecular weight excluding hydrogens is 324 g/mol. The first kappa shape index (κ1) is 16.4. The van der Waals surface area contributed by atoms with Gasteiger partial charge in [0.05, 0.1) is 15.9 Å². The zero-order valence-corrected chi connectivity index (χ0v) is 12.9. The van der Waals surface area contributed by atoms with Crippen molar-refractivity contribution in [2.75, 3.05) is 0 Å². The molecule has 0 saturated carbocycles. The molecule has 0 spiro atoms. The van der Waals surface area contributed by atoms with Crippen molar-refractivity contribution in [2.24, 2.45) is 0 Å². The molecule has 1 atom stereocenters. The number of halogens is 5. The van der Waals surface area contributed by atoms with Crippen LogP contribution in [0.2, 0.25) is 5.02 Å². The summed E-state index contributed by atoms with van der Waals surface area (Å²) in [6, 6.07) is 5.37. The van der Waals surface area contributed by atoms with Gasteiger partial charge < -0.3 is 4.57 Å². The predicted octanol–water partition coefficient (Wildman–Crippen LogP) is 5.72. The van der Waals surface area contributed by atoms with E-state index in [2.05, 4.69) is 4.98 Å². The van der Waals surface area contributed by atoms with Crippen molar-refractivity contribution >= 4 is 34.2 Å². The molecule has 0 fully saturated rings. The predicted molar refractivity (Wildman–Crippen MR) is 78.9 cm³/mol. The summed E-state index contributed by atoms with van der Waals surface area (Å²) >= 11 is 12.2. The Bertz CT molecular complexity index is 620. The van der Waals surface area contributed by atoms with Crippen LogP contribution in [-0.2, 0) is 6.54 Å². The van der Waals surface area contributed by atoms with E-state index in [4.69, 9.17) is 23.2 Å². The molecule has 1 unspecified atom stereocenters. The minimum atomic E-state index is -4.11. The summed E-state index contributed by atoms with van der Waals surface area (Å²) in [7, 11) is 0. The van der Waals surface area contributed by atoms with Gasteiger partial charge in [0.1, 0.15) is 11.3 Å². The molecule has 0 aliphatic heterocycles. The number of aromatic nitrogens is 2. The second-order valence-corrected chi connectivity index (χ2v) is 5.98. The van der Waals surface area contributed by atoms with Crippen LogP contribution in [0.25, 0.3) is 11.0 Å². The number of unbranched alkanes of at least 4 members (excludes halogenated alkanes) is 1. The number of hydrogen-bond donors (Lipinski definition) is 0. The first-order valence-corrected chi connectivity index (χ1v) is 7.46. The second kappa shape index (κ2) is 6.44. The largest absolute Gasteiger partial charge is 0.389 e. The van der Waals surface area contributed by atoms with Gasteiger partial charge in [0.15, 0.2) is 0 Å². The maximum atomic E-state index is 12.2. The van der Waals surface area contributed by atoms with E-state index in [-0.39, 0.29) is 11.8 Å². The van der Waals surface area contributed by atoms with E-state index in [1.165, 1.54) is 0 Å². The van der Waals surface area contributed by atoms with E-state index < -0.39 is 12.6 Å². The Hall–Kier alpha value is -0.940. The Morgan fingerprint density at radius 2 is 2.00 bits per heavy atom. The Morgan fingerprint density at radius 3 is 2.62 bits per heavy atom. The van der Waals surface area contributed by atoms with Gasteiger partial charge in [-0.2, -0.15) is 13.2 Å². The van der Waals surface area contributed by atoms with Gasteiger partial charge in [0.2, 0.25) is 0 Å². The van der Waals surface area contributed by atoms with Gasteiger partial charge in [-0.25, -0.2) is 4.98 Å². The normalized spacial score (nSPS) is 13.8. The topological polar surface area (TPSA) is 17.8 Å². The summed E-state index contributed by atoms with van der Waals surface area (Å²) < 4.78 is 38.4. The molecule has 0 bridgehead atoms. The van der Waals surface area contributed by atoms with Crippen LogP contribution >= 0.6 is 23.2 Å². The lowest BCUT2D eigenvalue weighted by Gasteiger charge is -2.11. The Morgan fingerprint density at radius 1 is 1.29 bits per heavy atom. The van der Waals surface area contributed by atoms with Gasteiger partial charge in [-0.3, -0.25) is 0 Å². The number of alkyl halides is 4. The maximum absolute atomic E-state index is 12.2. The highest BCUT2D eigenvalue weighted by Crippen LogP contribution is 2.29. The lowest BCUT2D eigenvalue weighted by Crippen LogP contribution is -2.09. The van der Waals surface area contributed by atoms with E-state index in [1.807, 2.05) is 10.6 Å². The highest BCUT2D eigenvalue weighted by Gasteiger charge is 2.26. The molecule has 116 valence electrons. The lowest BCUT2D eigenvalue weighted by molar-refractivity contribution is -0.135. The number of rotatable bonds is 5. The van der Waals surface area contributed by atoms with Crippen molar-refractivity contribution in [3.8, 4) is 0 Å². The smallest absolute Gasteiger partial charge is 0.327 e. The van der Waals surface area contributed by atoms with E-state index in [1.54, 1.807) is 19.1 Å². The fourth-order valence-corrected chi connectivity index (χ4v) is 2.64. The van der Waals surface area contributed by atoms with Crippen LogP contribution in [0.3, 0.4) is 0 Å². The first-order valence-electron chi connectivity index (χ1n) is 6.65. The third-order valence-corrected chi connectivity index (χ3v) is 3.71. The van der Waals surface area contributed by atoms with Crippen molar-refractivity contribution in [1.29, 1.82) is 0 Å². The first-order chi connectivity index (χ1) is 9.79. The molecule has 0 aliphatic rings. The zero-order chi connectivity index (χ0) is 15.6. The summed E-state index contributed by atoms with van der Waals surface area (Å²) in [5.41, 5.74) is 1.44. The quantitative estimate of drug-likeness (QED) is 0.503. The number of imidazole rings is 1. The van der Waals surface area contributed by atoms with Crippen LogP contribution < -0.4 is 0 Å². The molecule has 2 nitrogen and oxygen atoms in total. The molecule has 21 heavy (non-hydrogen) atoms. The number of nitrogens with zero attached hydrogens (tertiary/aromatic N) is 2. The summed E-state index contributed by atoms with van der Waals surface area (Å²) in [4.78, 5) is 4.42. The number of aryl methyl sites for hydroxylation is 1. The fourth-order valence-electron chi connectivity index (χ4n) is 2.26. The molecule has 0 aliphatic carbocycles. The SMILES string of the molecule is CC(Cl)c1nc2c(Cl)cccc2n1CCCCC(F)(F)F. The van der Waals surface area contributed by atoms with E-state index in [9.17, 15) is 13.2 Å². The minimum Gasteiger partial charge on any atom is -0.327 e. The molecule has 0 N–H and O–H groups in total. The van der Waals surface area contributed by atoms with Crippen LogP contribution in [0.15, 0.2) is 18.2 Å². The van der Waals surface area contributed by atoms with Crippen LogP contribution in [-0.4, -0.2) is 15.7 Å². The summed E-state index contributed by atoms with van der Waals surface area (Å²) in [5.74, 6) is 0.631. The number of fused-ring (bicyclic) bond motifs is 1. The Labute approximate surface area is 130 Å². The molecule has 2 rings (SSSR count). The van der Waals surface area contributed by atoms with Crippen LogP contribution in [0.4, 0.5) is 13.2 Å². The highest BCUT2D eigenvalue weighted by molar-refractivity contribution is 6.35. The average Bonchev–Trinajstić information content (AvgIpc) is 2.74. The van der Waals surface area contributed by atoms with Crippen molar-refractivity contribution in [1.82, 2.24) is 9.55 Å². The fraction of sp³-hybridized carbons (Fsp3) is 0.500. The monoisotopic (exact) mass is 338 g/mol. The molecule has 7 heteroatoms. The number of para-hydroxylation sites is 1. The average molecular weight is 339 g/mol. The van der Waals surface area contributed by atoms with Gasteiger partial charge in [0, 0.05) is 13.0 Å². The summed E-state index contributed by atoms with van der Waals surface area (Å²) in [5, 5.41) is 0.177. The molecule has 2 aromatic rings. The van der Waals surface area contributed by atoms with Gasteiger partial charge in [-0.15, -0.1) is 11.6 Å². The third kappa shape index (κ3) is 4.04. The number of benzene rings is 1. The maximum Gasteiger partial charge on any atom is 0.389 e. The minimum absolute atomic E-state index is 0.0832. The van der Waals surface area contributed by atoms with Crippen molar-refractivity contribution in [2.45, 2.75) is 44.3 Å².